The van der Waals surface area contributed by atoms with Gasteiger partial charge in [-0.3, -0.25) is 4.98 Å². The van der Waals surface area contributed by atoms with E-state index in [1.807, 2.05) is 24.3 Å². The largest absolute Gasteiger partial charge is 0.494 e. The van der Waals surface area contributed by atoms with E-state index in [1.165, 1.54) is 11.1 Å². The lowest BCUT2D eigenvalue weighted by molar-refractivity contribution is 0.419. The smallest absolute Gasteiger partial charge is 0.171 e. The maximum atomic E-state index is 5.57. The van der Waals surface area contributed by atoms with Crippen LogP contribution in [0.3, 0.4) is 0 Å². The topological polar surface area (TPSA) is 46.2 Å². The molecule has 0 saturated carbocycles. The van der Waals surface area contributed by atoms with Crippen molar-refractivity contribution < 1.29 is 4.74 Å². The fourth-order valence-electron chi connectivity index (χ4n) is 3.11. The van der Waals surface area contributed by atoms with Crippen LogP contribution in [0.5, 0.6) is 5.75 Å². The third kappa shape index (κ3) is 3.78. The van der Waals surface area contributed by atoms with Gasteiger partial charge in [0.1, 0.15) is 11.3 Å². The molecular formula is C21H23N3OS. The lowest BCUT2D eigenvalue weighted by Gasteiger charge is -2.22. The highest BCUT2D eigenvalue weighted by Crippen LogP contribution is 2.30. The second-order valence-corrected chi connectivity index (χ2v) is 6.54. The first-order valence-electron chi connectivity index (χ1n) is 8.68. The zero-order chi connectivity index (χ0) is 18.5. The minimum absolute atomic E-state index is 0.166. The molecule has 0 aliphatic carbocycles. The van der Waals surface area contributed by atoms with Crippen LogP contribution in [-0.4, -0.2) is 17.2 Å². The fraction of sp³-hybridized carbons (Fsp3) is 0.238. The summed E-state index contributed by atoms with van der Waals surface area (Å²) >= 11 is 5.57. The molecule has 1 atom stereocenters. The molecule has 0 spiro atoms. The van der Waals surface area contributed by atoms with Crippen molar-refractivity contribution in [3.05, 3.63) is 65.9 Å². The molecule has 0 bridgehead atoms. The van der Waals surface area contributed by atoms with E-state index in [0.29, 0.717) is 5.11 Å². The molecule has 1 heterocycles. The monoisotopic (exact) mass is 365 g/mol. The van der Waals surface area contributed by atoms with E-state index in [4.69, 9.17) is 17.0 Å². The number of nitrogens with one attached hydrogen (secondary N) is 2. The molecule has 0 saturated heterocycles. The molecule has 2 N–H and O–H groups in total. The number of nitrogens with zero attached hydrogens (tertiary/aromatic N) is 1. The van der Waals surface area contributed by atoms with E-state index in [1.54, 1.807) is 13.3 Å². The van der Waals surface area contributed by atoms with Crippen molar-refractivity contribution >= 4 is 33.9 Å². The van der Waals surface area contributed by atoms with E-state index < -0.39 is 0 Å². The van der Waals surface area contributed by atoms with Crippen LogP contribution in [0.1, 0.15) is 30.5 Å². The number of thiocarbonyl (C=S) groups is 1. The first kappa shape index (κ1) is 18.1. The third-order valence-electron chi connectivity index (χ3n) is 4.48. The first-order chi connectivity index (χ1) is 12.6. The highest BCUT2D eigenvalue weighted by Gasteiger charge is 2.14. The Kier molecular flexibility index (Phi) is 5.68. The van der Waals surface area contributed by atoms with Crippen LogP contribution in [-0.2, 0) is 0 Å². The normalized spacial score (nSPS) is 11.8. The number of pyridine rings is 1. The second-order valence-electron chi connectivity index (χ2n) is 6.13. The van der Waals surface area contributed by atoms with Crippen molar-refractivity contribution in [2.75, 3.05) is 12.4 Å². The summed E-state index contributed by atoms with van der Waals surface area (Å²) < 4.78 is 5.40. The van der Waals surface area contributed by atoms with Gasteiger partial charge in [-0.05, 0) is 61.0 Å². The molecule has 0 fully saturated rings. The average Bonchev–Trinajstić information content (AvgIpc) is 2.67. The molecular weight excluding hydrogens is 342 g/mol. The SMILES string of the molecule is CC[C@H](NC(=S)Nc1ccc(OC)c2ncccc12)c1ccccc1C. The number of fused-ring (bicyclic) bond motifs is 1. The number of rotatable bonds is 5. The number of benzene rings is 2. The third-order valence-corrected chi connectivity index (χ3v) is 4.70. The van der Waals surface area contributed by atoms with Gasteiger partial charge in [-0.1, -0.05) is 31.2 Å². The Hall–Kier alpha value is -2.66. The van der Waals surface area contributed by atoms with Crippen LogP contribution in [0.2, 0.25) is 0 Å². The summed E-state index contributed by atoms with van der Waals surface area (Å²) in [7, 11) is 1.65. The van der Waals surface area contributed by atoms with E-state index in [2.05, 4.69) is 53.7 Å². The Morgan fingerprint density at radius 1 is 1.15 bits per heavy atom. The van der Waals surface area contributed by atoms with Gasteiger partial charge in [0, 0.05) is 17.3 Å². The molecule has 2 aromatic carbocycles. The Balaban J connectivity index is 1.82. The van der Waals surface area contributed by atoms with E-state index in [9.17, 15) is 0 Å². The molecule has 3 rings (SSSR count). The number of aryl methyl sites for hydroxylation is 1. The zero-order valence-corrected chi connectivity index (χ0v) is 16.1. The Bertz CT molecular complexity index is 926. The quantitative estimate of drug-likeness (QED) is 0.624. The predicted octanol–water partition coefficient (Wildman–Crippen LogP) is 4.99. The van der Waals surface area contributed by atoms with Crippen LogP contribution in [0.15, 0.2) is 54.7 Å². The molecule has 3 aromatic rings. The van der Waals surface area contributed by atoms with Gasteiger partial charge in [0.25, 0.3) is 0 Å². The zero-order valence-electron chi connectivity index (χ0n) is 15.2. The van der Waals surface area contributed by atoms with Crippen molar-refractivity contribution in [1.82, 2.24) is 10.3 Å². The number of hydrogen-bond acceptors (Lipinski definition) is 3. The van der Waals surface area contributed by atoms with Crippen molar-refractivity contribution in [3.8, 4) is 5.75 Å². The summed E-state index contributed by atoms with van der Waals surface area (Å²) in [5, 5.41) is 8.31. The van der Waals surface area contributed by atoms with Crippen LogP contribution < -0.4 is 15.4 Å². The molecule has 134 valence electrons. The van der Waals surface area contributed by atoms with Gasteiger partial charge in [0.15, 0.2) is 5.11 Å². The predicted molar refractivity (Wildman–Crippen MR) is 112 cm³/mol. The Labute approximate surface area is 159 Å². The van der Waals surface area contributed by atoms with Crippen LogP contribution in [0.25, 0.3) is 10.9 Å². The molecule has 0 amide bonds. The average molecular weight is 366 g/mol. The Morgan fingerprint density at radius 3 is 2.69 bits per heavy atom. The summed E-state index contributed by atoms with van der Waals surface area (Å²) in [5.74, 6) is 0.747. The summed E-state index contributed by atoms with van der Waals surface area (Å²) in [6.45, 7) is 4.28. The molecule has 0 aliphatic rings. The van der Waals surface area contributed by atoms with Gasteiger partial charge >= 0.3 is 0 Å². The van der Waals surface area contributed by atoms with Gasteiger partial charge in [-0.15, -0.1) is 0 Å². The molecule has 1 aromatic heterocycles. The lowest BCUT2D eigenvalue weighted by atomic mass is 10.00. The number of aromatic nitrogens is 1. The Morgan fingerprint density at radius 2 is 1.96 bits per heavy atom. The molecule has 0 unspecified atom stereocenters. The second kappa shape index (κ2) is 8.15. The lowest BCUT2D eigenvalue weighted by Crippen LogP contribution is -2.32. The summed E-state index contributed by atoms with van der Waals surface area (Å²) in [5.41, 5.74) is 4.24. The van der Waals surface area contributed by atoms with Gasteiger partial charge in [-0.2, -0.15) is 0 Å². The number of anilines is 1. The van der Waals surface area contributed by atoms with Crippen molar-refractivity contribution in [2.45, 2.75) is 26.3 Å². The first-order valence-corrected chi connectivity index (χ1v) is 9.09. The molecule has 0 aliphatic heterocycles. The van der Waals surface area contributed by atoms with Crippen LogP contribution in [0.4, 0.5) is 5.69 Å². The van der Waals surface area contributed by atoms with Crippen molar-refractivity contribution in [3.63, 3.8) is 0 Å². The summed E-state index contributed by atoms with van der Waals surface area (Å²) in [6, 6.07) is 16.3. The van der Waals surface area contributed by atoms with Gasteiger partial charge < -0.3 is 15.4 Å². The highest BCUT2D eigenvalue weighted by molar-refractivity contribution is 7.80. The molecule has 26 heavy (non-hydrogen) atoms. The summed E-state index contributed by atoms with van der Waals surface area (Å²) in [6.07, 6.45) is 2.70. The molecule has 5 heteroatoms. The minimum atomic E-state index is 0.166. The highest BCUT2D eigenvalue weighted by atomic mass is 32.1. The van der Waals surface area contributed by atoms with Crippen molar-refractivity contribution in [2.24, 2.45) is 0 Å². The number of ether oxygens (including phenoxy) is 1. The van der Waals surface area contributed by atoms with E-state index in [0.717, 1.165) is 28.8 Å². The molecule has 4 nitrogen and oxygen atoms in total. The number of methoxy groups -OCH3 is 1. The van der Waals surface area contributed by atoms with Gasteiger partial charge in [-0.25, -0.2) is 0 Å². The van der Waals surface area contributed by atoms with E-state index >= 15 is 0 Å². The molecule has 0 radical (unpaired) electrons. The van der Waals surface area contributed by atoms with E-state index in [-0.39, 0.29) is 6.04 Å². The fourth-order valence-corrected chi connectivity index (χ4v) is 3.37. The van der Waals surface area contributed by atoms with Crippen LogP contribution in [0, 0.1) is 6.92 Å². The number of hydrogen-bond donors (Lipinski definition) is 2. The standard InChI is InChI=1S/C21H23N3OS/c1-4-17(15-9-6-5-8-14(15)2)23-21(26)24-18-11-12-19(25-3)20-16(18)10-7-13-22-20/h5-13,17H,4H2,1-3H3,(H2,23,24,26)/t17-/m0/s1. The maximum absolute atomic E-state index is 5.57. The maximum Gasteiger partial charge on any atom is 0.171 e. The minimum Gasteiger partial charge on any atom is -0.494 e. The van der Waals surface area contributed by atoms with Gasteiger partial charge in [0.05, 0.1) is 13.2 Å². The van der Waals surface area contributed by atoms with Gasteiger partial charge in [0.2, 0.25) is 0 Å². The van der Waals surface area contributed by atoms with Crippen LogP contribution >= 0.6 is 12.2 Å². The van der Waals surface area contributed by atoms with Crippen molar-refractivity contribution in [1.29, 1.82) is 0 Å². The summed E-state index contributed by atoms with van der Waals surface area (Å²) in [4.78, 5) is 4.43.